The second-order valence-corrected chi connectivity index (χ2v) is 9.97. The van der Waals surface area contributed by atoms with Crippen LogP contribution in [0.5, 0.6) is 5.75 Å². The van der Waals surface area contributed by atoms with Crippen molar-refractivity contribution in [1.29, 1.82) is 0 Å². The van der Waals surface area contributed by atoms with Gasteiger partial charge in [0.05, 0.1) is 12.0 Å². The van der Waals surface area contributed by atoms with Gasteiger partial charge in [0, 0.05) is 22.1 Å². The van der Waals surface area contributed by atoms with E-state index in [9.17, 15) is 18.0 Å². The number of para-hydroxylation sites is 1. The lowest BCUT2D eigenvalue weighted by Crippen LogP contribution is -2.41. The number of hydrogen-bond acceptors (Lipinski definition) is 6. The molecule has 1 unspecified atom stereocenters. The zero-order valence-electron chi connectivity index (χ0n) is 19.2. The summed E-state index contributed by atoms with van der Waals surface area (Å²) in [5.41, 5.74) is 0.864. The molecule has 0 saturated heterocycles. The highest BCUT2D eigenvalue weighted by Crippen LogP contribution is 2.17. The van der Waals surface area contributed by atoms with Crippen LogP contribution in [0.15, 0.2) is 88.2 Å². The number of carbonyl (C=O) groups is 2. The van der Waals surface area contributed by atoms with E-state index in [0.717, 1.165) is 4.47 Å². The second-order valence-electron chi connectivity index (χ2n) is 7.34. The molecule has 0 bridgehead atoms. The number of sulfonamides is 1. The number of esters is 1. The molecule has 36 heavy (non-hydrogen) atoms. The standard InChI is InChI=1S/C26H23BrN2O6S/c1-34-26(31)24(9-5-6-18-35-22-7-3-2-4-8-22)29-36(32,33)23-16-14-21(15-17-23)28-25(30)19-10-12-20(27)13-11-19/h2-4,7-8,10-17,24,29H,9,18H2,1H3,(H,28,30). The Hall–Kier alpha value is -3.65. The van der Waals surface area contributed by atoms with Crippen LogP contribution in [-0.2, 0) is 19.6 Å². The highest BCUT2D eigenvalue weighted by molar-refractivity contribution is 9.10. The van der Waals surface area contributed by atoms with Crippen molar-refractivity contribution in [3.05, 3.63) is 88.9 Å². The summed E-state index contributed by atoms with van der Waals surface area (Å²) in [6.07, 6.45) is -0.106. The summed E-state index contributed by atoms with van der Waals surface area (Å²) in [6, 6.07) is 20.2. The van der Waals surface area contributed by atoms with Gasteiger partial charge in [-0.1, -0.05) is 46.0 Å². The number of methoxy groups -OCH3 is 1. The third-order valence-electron chi connectivity index (χ3n) is 4.80. The summed E-state index contributed by atoms with van der Waals surface area (Å²) in [5, 5.41) is 2.70. The third kappa shape index (κ3) is 7.95. The summed E-state index contributed by atoms with van der Waals surface area (Å²) in [5.74, 6) is 5.04. The van der Waals surface area contributed by atoms with Crippen LogP contribution in [0.3, 0.4) is 0 Å². The number of anilines is 1. The number of nitrogens with one attached hydrogen (secondary N) is 2. The van der Waals surface area contributed by atoms with Gasteiger partial charge in [-0.05, 0) is 60.7 Å². The van der Waals surface area contributed by atoms with E-state index in [1.54, 1.807) is 36.4 Å². The molecule has 8 nitrogen and oxygen atoms in total. The number of ether oxygens (including phenoxy) is 2. The van der Waals surface area contributed by atoms with E-state index in [2.05, 4.69) is 37.8 Å². The summed E-state index contributed by atoms with van der Waals surface area (Å²) in [6.45, 7) is 0.0814. The van der Waals surface area contributed by atoms with Gasteiger partial charge in [0.15, 0.2) is 0 Å². The van der Waals surface area contributed by atoms with Crippen molar-refractivity contribution in [3.63, 3.8) is 0 Å². The maximum absolute atomic E-state index is 12.8. The van der Waals surface area contributed by atoms with Gasteiger partial charge in [-0.15, -0.1) is 0 Å². The lowest BCUT2D eigenvalue weighted by Gasteiger charge is -2.15. The smallest absolute Gasteiger partial charge is 0.324 e. The molecule has 0 aliphatic carbocycles. The highest BCUT2D eigenvalue weighted by Gasteiger charge is 2.26. The molecule has 0 heterocycles. The quantitative estimate of drug-likeness (QED) is 0.297. The van der Waals surface area contributed by atoms with Crippen molar-refractivity contribution in [2.45, 2.75) is 17.4 Å². The molecule has 0 aliphatic heterocycles. The molecule has 0 fully saturated rings. The molecule has 0 aliphatic rings. The molecule has 0 spiro atoms. The van der Waals surface area contributed by atoms with Gasteiger partial charge < -0.3 is 14.8 Å². The van der Waals surface area contributed by atoms with Crippen LogP contribution in [0.25, 0.3) is 0 Å². The third-order valence-corrected chi connectivity index (χ3v) is 6.81. The Kier molecular flexibility index (Phi) is 9.64. The number of benzene rings is 3. The van der Waals surface area contributed by atoms with Gasteiger partial charge in [-0.25, -0.2) is 8.42 Å². The lowest BCUT2D eigenvalue weighted by atomic mass is 10.2. The fourth-order valence-corrected chi connectivity index (χ4v) is 4.40. The predicted molar refractivity (Wildman–Crippen MR) is 139 cm³/mol. The fraction of sp³-hybridized carbons (Fsp3) is 0.154. The number of halogens is 1. The van der Waals surface area contributed by atoms with Crippen LogP contribution < -0.4 is 14.8 Å². The van der Waals surface area contributed by atoms with Crippen molar-refractivity contribution in [3.8, 4) is 17.6 Å². The Morgan fingerprint density at radius 3 is 2.25 bits per heavy atom. The summed E-state index contributed by atoms with van der Waals surface area (Å²) in [4.78, 5) is 24.4. The second kappa shape index (κ2) is 12.9. The minimum Gasteiger partial charge on any atom is -0.481 e. The van der Waals surface area contributed by atoms with E-state index in [-0.39, 0.29) is 23.8 Å². The molecule has 3 aromatic carbocycles. The maximum Gasteiger partial charge on any atom is 0.324 e. The first-order chi connectivity index (χ1) is 17.3. The largest absolute Gasteiger partial charge is 0.481 e. The van der Waals surface area contributed by atoms with Gasteiger partial charge in [0.25, 0.3) is 5.91 Å². The van der Waals surface area contributed by atoms with Gasteiger partial charge in [0.1, 0.15) is 18.4 Å². The van der Waals surface area contributed by atoms with Crippen LogP contribution in [-0.4, -0.2) is 40.1 Å². The molecule has 1 atom stereocenters. The Balaban J connectivity index is 1.61. The average molecular weight is 571 g/mol. The SMILES string of the molecule is COC(=O)C(CC#CCOc1ccccc1)NS(=O)(=O)c1ccc(NC(=O)c2ccc(Br)cc2)cc1. The summed E-state index contributed by atoms with van der Waals surface area (Å²) in [7, 11) is -2.91. The van der Waals surface area contributed by atoms with E-state index < -0.39 is 22.0 Å². The molecule has 186 valence electrons. The first-order valence-electron chi connectivity index (χ1n) is 10.7. The monoisotopic (exact) mass is 570 g/mol. The van der Waals surface area contributed by atoms with Gasteiger partial charge in [-0.3, -0.25) is 9.59 Å². The van der Waals surface area contributed by atoms with Crippen LogP contribution in [0.4, 0.5) is 5.69 Å². The molecular formula is C26H23BrN2O6S. The van der Waals surface area contributed by atoms with Gasteiger partial charge in [-0.2, -0.15) is 4.72 Å². The van der Waals surface area contributed by atoms with Gasteiger partial charge in [0.2, 0.25) is 10.0 Å². The molecule has 3 aromatic rings. The predicted octanol–water partition coefficient (Wildman–Crippen LogP) is 3.99. The number of rotatable bonds is 9. The van der Waals surface area contributed by atoms with Crippen LogP contribution in [0.1, 0.15) is 16.8 Å². The minimum absolute atomic E-state index is 0.0814. The van der Waals surface area contributed by atoms with Crippen LogP contribution >= 0.6 is 15.9 Å². The highest BCUT2D eigenvalue weighted by atomic mass is 79.9. The van der Waals surface area contributed by atoms with Crippen LogP contribution in [0.2, 0.25) is 0 Å². The van der Waals surface area contributed by atoms with Crippen molar-refractivity contribution in [1.82, 2.24) is 4.72 Å². The summed E-state index contributed by atoms with van der Waals surface area (Å²) < 4.78 is 39.0. The van der Waals surface area contributed by atoms with Crippen molar-refractivity contribution >= 4 is 43.5 Å². The lowest BCUT2D eigenvalue weighted by molar-refractivity contribution is -0.142. The Morgan fingerprint density at radius 2 is 1.61 bits per heavy atom. The molecule has 0 radical (unpaired) electrons. The Bertz CT molecular complexity index is 1350. The molecule has 3 rings (SSSR count). The zero-order chi connectivity index (χ0) is 26.0. The van der Waals surface area contributed by atoms with Crippen molar-refractivity contribution in [2.75, 3.05) is 19.0 Å². The van der Waals surface area contributed by atoms with Crippen molar-refractivity contribution in [2.24, 2.45) is 0 Å². The first-order valence-corrected chi connectivity index (χ1v) is 13.0. The normalized spacial score (nSPS) is 11.5. The van der Waals surface area contributed by atoms with E-state index in [4.69, 9.17) is 9.47 Å². The number of hydrogen-bond donors (Lipinski definition) is 2. The molecule has 0 saturated carbocycles. The van der Waals surface area contributed by atoms with E-state index in [1.165, 1.54) is 31.4 Å². The molecule has 1 amide bonds. The van der Waals surface area contributed by atoms with E-state index in [0.29, 0.717) is 17.0 Å². The van der Waals surface area contributed by atoms with Gasteiger partial charge >= 0.3 is 5.97 Å². The first kappa shape index (κ1) is 26.9. The zero-order valence-corrected chi connectivity index (χ0v) is 21.6. The fourth-order valence-electron chi connectivity index (χ4n) is 2.95. The average Bonchev–Trinajstić information content (AvgIpc) is 2.88. The van der Waals surface area contributed by atoms with E-state index >= 15 is 0 Å². The maximum atomic E-state index is 12.8. The van der Waals surface area contributed by atoms with E-state index in [1.807, 2.05) is 18.2 Å². The molecule has 10 heteroatoms. The summed E-state index contributed by atoms with van der Waals surface area (Å²) >= 11 is 3.31. The number of amides is 1. The topological polar surface area (TPSA) is 111 Å². The number of carbonyl (C=O) groups excluding carboxylic acids is 2. The minimum atomic E-state index is -4.07. The molecular weight excluding hydrogens is 548 g/mol. The Morgan fingerprint density at radius 1 is 0.944 bits per heavy atom. The molecule has 0 aromatic heterocycles. The molecule has 2 N–H and O–H groups in total. The van der Waals surface area contributed by atoms with Crippen molar-refractivity contribution < 1.29 is 27.5 Å². The van der Waals surface area contributed by atoms with Crippen LogP contribution in [0, 0.1) is 11.8 Å². The Labute approximate surface area is 218 Å².